The van der Waals surface area contributed by atoms with Gasteiger partial charge >= 0.3 is 0 Å². The predicted octanol–water partition coefficient (Wildman–Crippen LogP) is 1.12. The molecule has 2 N–H and O–H groups in total. The van der Waals surface area contributed by atoms with E-state index in [1.807, 2.05) is 0 Å². The molecule has 2 heterocycles. The van der Waals surface area contributed by atoms with Crippen molar-refractivity contribution in [2.45, 2.75) is 43.9 Å². The van der Waals surface area contributed by atoms with E-state index in [-0.39, 0.29) is 10.8 Å². The Kier molecular flexibility index (Phi) is 6.95. The van der Waals surface area contributed by atoms with E-state index in [2.05, 4.69) is 12.2 Å². The average molecular weight is 411 g/mol. The predicted molar refractivity (Wildman–Crippen MR) is 108 cm³/mol. The highest BCUT2D eigenvalue weighted by Gasteiger charge is 2.29. The van der Waals surface area contributed by atoms with E-state index in [0.717, 1.165) is 38.8 Å². The number of carbonyl (C=O) groups is 1. The molecule has 1 aromatic rings. The Morgan fingerprint density at radius 3 is 2.68 bits per heavy atom. The van der Waals surface area contributed by atoms with E-state index in [1.54, 1.807) is 12.1 Å². The molecule has 0 radical (unpaired) electrons. The standard InChI is InChI=1S/C20H31N3O4S/c1-16-7-6-10-22(14-16)15-20(24)21-17-8-9-18(27-2)19(13-17)28(25,26)23-11-4-3-5-12-23/h8-9,13,16H,3-7,10-12,14-15H2,1-2H3,(H,21,24)/p+1/t16-/m1/s1. The van der Waals surface area contributed by atoms with Crippen LogP contribution >= 0.6 is 0 Å². The molecule has 2 aliphatic rings. The summed E-state index contributed by atoms with van der Waals surface area (Å²) in [6, 6.07) is 4.83. The molecule has 2 saturated heterocycles. The van der Waals surface area contributed by atoms with Crippen molar-refractivity contribution in [2.75, 3.05) is 45.2 Å². The van der Waals surface area contributed by atoms with Gasteiger partial charge in [-0.05, 0) is 43.9 Å². The van der Waals surface area contributed by atoms with Gasteiger partial charge in [-0.3, -0.25) is 4.79 Å². The lowest BCUT2D eigenvalue weighted by atomic mass is 10.0. The van der Waals surface area contributed by atoms with Crippen molar-refractivity contribution >= 4 is 21.6 Å². The molecule has 156 valence electrons. The van der Waals surface area contributed by atoms with Gasteiger partial charge in [0.25, 0.3) is 5.91 Å². The van der Waals surface area contributed by atoms with Crippen molar-refractivity contribution in [3.63, 3.8) is 0 Å². The van der Waals surface area contributed by atoms with Crippen LogP contribution in [0.3, 0.4) is 0 Å². The fourth-order valence-electron chi connectivity index (χ4n) is 4.19. The second-order valence-corrected chi connectivity index (χ2v) is 9.91. The van der Waals surface area contributed by atoms with Crippen molar-refractivity contribution in [3.05, 3.63) is 18.2 Å². The van der Waals surface area contributed by atoms with Crippen molar-refractivity contribution in [1.29, 1.82) is 0 Å². The van der Waals surface area contributed by atoms with Gasteiger partial charge in [0, 0.05) is 24.7 Å². The van der Waals surface area contributed by atoms with E-state index in [0.29, 0.717) is 37.0 Å². The lowest BCUT2D eigenvalue weighted by molar-refractivity contribution is -0.900. The van der Waals surface area contributed by atoms with Crippen LogP contribution in [-0.4, -0.2) is 58.5 Å². The number of hydrogen-bond acceptors (Lipinski definition) is 4. The molecule has 2 fully saturated rings. The van der Waals surface area contributed by atoms with Crippen LogP contribution < -0.4 is 15.0 Å². The summed E-state index contributed by atoms with van der Waals surface area (Å²) in [6.07, 6.45) is 5.16. The quantitative estimate of drug-likeness (QED) is 0.737. The number of amides is 1. The molecule has 0 aliphatic carbocycles. The highest BCUT2D eigenvalue weighted by molar-refractivity contribution is 7.89. The number of anilines is 1. The van der Waals surface area contributed by atoms with Gasteiger partial charge in [0.05, 0.1) is 20.2 Å². The fourth-order valence-corrected chi connectivity index (χ4v) is 5.89. The van der Waals surface area contributed by atoms with Crippen LogP contribution in [0.1, 0.15) is 39.0 Å². The van der Waals surface area contributed by atoms with Crippen LogP contribution in [0.4, 0.5) is 5.69 Å². The smallest absolute Gasteiger partial charge is 0.279 e. The number of nitrogens with zero attached hydrogens (tertiary/aromatic N) is 1. The molecular formula is C20H32N3O4S+. The highest BCUT2D eigenvalue weighted by atomic mass is 32.2. The van der Waals surface area contributed by atoms with Crippen LogP contribution in [0.5, 0.6) is 5.75 Å². The average Bonchev–Trinajstić information content (AvgIpc) is 2.68. The first kappa shape index (κ1) is 21.1. The molecule has 2 aliphatic heterocycles. The molecule has 2 atom stereocenters. The minimum Gasteiger partial charge on any atom is -0.495 e. The lowest BCUT2D eigenvalue weighted by Gasteiger charge is -2.27. The monoisotopic (exact) mass is 410 g/mol. The number of likely N-dealkylation sites (tertiary alicyclic amines) is 1. The van der Waals surface area contributed by atoms with Gasteiger partial charge in [0.1, 0.15) is 10.6 Å². The third-order valence-electron chi connectivity index (χ3n) is 5.66. The van der Waals surface area contributed by atoms with Gasteiger partial charge < -0.3 is 15.0 Å². The zero-order valence-electron chi connectivity index (χ0n) is 16.9. The number of methoxy groups -OCH3 is 1. The summed E-state index contributed by atoms with van der Waals surface area (Å²) in [5, 5.41) is 2.87. The topological polar surface area (TPSA) is 80.1 Å². The number of sulfonamides is 1. The molecule has 0 saturated carbocycles. The molecule has 8 heteroatoms. The van der Waals surface area contributed by atoms with Gasteiger partial charge in [0.15, 0.2) is 6.54 Å². The third-order valence-corrected chi connectivity index (χ3v) is 7.58. The SMILES string of the molecule is COc1ccc(NC(=O)C[NH+]2CCC[C@@H](C)C2)cc1S(=O)(=O)N1CCCCC1. The second-order valence-electron chi connectivity index (χ2n) is 8.01. The van der Waals surface area contributed by atoms with Gasteiger partial charge in [0.2, 0.25) is 10.0 Å². The molecule has 0 aromatic heterocycles. The van der Waals surface area contributed by atoms with Crippen LogP contribution in [0.2, 0.25) is 0 Å². The molecular weight excluding hydrogens is 378 g/mol. The maximum atomic E-state index is 13.1. The van der Waals surface area contributed by atoms with Crippen molar-refractivity contribution in [2.24, 2.45) is 5.92 Å². The Hall–Kier alpha value is -1.64. The summed E-state index contributed by atoms with van der Waals surface area (Å²) < 4.78 is 33.0. The first-order chi connectivity index (χ1) is 13.4. The first-order valence-corrected chi connectivity index (χ1v) is 11.7. The molecule has 1 unspecified atom stereocenters. The number of piperidine rings is 2. The Morgan fingerprint density at radius 2 is 2.00 bits per heavy atom. The first-order valence-electron chi connectivity index (χ1n) is 10.2. The summed E-state index contributed by atoms with van der Waals surface area (Å²) in [7, 11) is -2.18. The minimum atomic E-state index is -3.65. The van der Waals surface area contributed by atoms with Crippen molar-refractivity contribution in [1.82, 2.24) is 4.31 Å². The number of carbonyl (C=O) groups excluding carboxylic acids is 1. The van der Waals surface area contributed by atoms with Crippen LogP contribution in [-0.2, 0) is 14.8 Å². The van der Waals surface area contributed by atoms with E-state index in [4.69, 9.17) is 4.74 Å². The van der Waals surface area contributed by atoms with Gasteiger partial charge in [-0.2, -0.15) is 4.31 Å². The van der Waals surface area contributed by atoms with E-state index < -0.39 is 10.0 Å². The second kappa shape index (κ2) is 9.24. The number of rotatable bonds is 6. The molecule has 1 aromatic carbocycles. The maximum Gasteiger partial charge on any atom is 0.279 e. The van der Waals surface area contributed by atoms with Gasteiger partial charge in [-0.1, -0.05) is 13.3 Å². The molecule has 0 spiro atoms. The Bertz CT molecular complexity index is 791. The fraction of sp³-hybridized carbons (Fsp3) is 0.650. The normalized spacial score (nSPS) is 23.9. The molecule has 7 nitrogen and oxygen atoms in total. The molecule has 28 heavy (non-hydrogen) atoms. The van der Waals surface area contributed by atoms with Crippen LogP contribution in [0.15, 0.2) is 23.1 Å². The Morgan fingerprint density at radius 1 is 1.25 bits per heavy atom. The summed E-state index contributed by atoms with van der Waals surface area (Å²) >= 11 is 0. The third kappa shape index (κ3) is 5.04. The van der Waals surface area contributed by atoms with Gasteiger partial charge in [-0.15, -0.1) is 0 Å². The number of quaternary nitrogens is 1. The zero-order valence-corrected chi connectivity index (χ0v) is 17.7. The minimum absolute atomic E-state index is 0.0874. The highest BCUT2D eigenvalue weighted by Crippen LogP contribution is 2.31. The zero-order chi connectivity index (χ0) is 20.1. The van der Waals surface area contributed by atoms with Crippen LogP contribution in [0.25, 0.3) is 0 Å². The van der Waals surface area contributed by atoms with E-state index in [1.165, 1.54) is 28.8 Å². The van der Waals surface area contributed by atoms with Crippen molar-refractivity contribution in [3.8, 4) is 5.75 Å². The molecule has 3 rings (SSSR count). The van der Waals surface area contributed by atoms with Crippen molar-refractivity contribution < 1.29 is 22.8 Å². The summed E-state index contributed by atoms with van der Waals surface area (Å²) in [5.74, 6) is 0.855. The molecule has 0 bridgehead atoms. The number of benzene rings is 1. The largest absolute Gasteiger partial charge is 0.495 e. The summed E-state index contributed by atoms with van der Waals surface area (Å²) in [4.78, 5) is 13.9. The summed E-state index contributed by atoms with van der Waals surface area (Å²) in [5.41, 5.74) is 0.492. The maximum absolute atomic E-state index is 13.1. The van der Waals surface area contributed by atoms with E-state index in [9.17, 15) is 13.2 Å². The molecule has 1 amide bonds. The number of nitrogens with one attached hydrogen (secondary N) is 2. The Labute approximate surface area is 168 Å². The van der Waals surface area contributed by atoms with E-state index >= 15 is 0 Å². The van der Waals surface area contributed by atoms with Gasteiger partial charge in [-0.25, -0.2) is 8.42 Å². The van der Waals surface area contributed by atoms with Crippen LogP contribution in [0, 0.1) is 5.92 Å². The number of hydrogen-bond donors (Lipinski definition) is 2. The summed E-state index contributed by atoms with van der Waals surface area (Å²) in [6.45, 7) is 5.69. The number of ether oxygens (including phenoxy) is 1. The lowest BCUT2D eigenvalue weighted by Crippen LogP contribution is -3.14. The Balaban J connectivity index is 1.74.